The van der Waals surface area contributed by atoms with E-state index in [-0.39, 0.29) is 11.2 Å². The van der Waals surface area contributed by atoms with Gasteiger partial charge in [-0.2, -0.15) is 5.10 Å². The number of aromatic nitrogens is 4. The number of thioether (sulfide) groups is 1. The molecule has 136 valence electrons. The van der Waals surface area contributed by atoms with E-state index in [1.807, 2.05) is 37.3 Å². The summed E-state index contributed by atoms with van der Waals surface area (Å²) in [6.07, 6.45) is 3.67. The Hall–Kier alpha value is -2.61. The van der Waals surface area contributed by atoms with E-state index >= 15 is 0 Å². The fourth-order valence-electron chi connectivity index (χ4n) is 2.46. The van der Waals surface area contributed by atoms with Crippen molar-refractivity contribution in [2.24, 2.45) is 0 Å². The van der Waals surface area contributed by atoms with Crippen LogP contribution in [-0.2, 0) is 4.79 Å². The molecule has 26 heavy (non-hydrogen) atoms. The Morgan fingerprint density at radius 2 is 2.08 bits per heavy atom. The van der Waals surface area contributed by atoms with Crippen LogP contribution < -0.4 is 11.1 Å². The van der Waals surface area contributed by atoms with Gasteiger partial charge in [0.25, 0.3) is 0 Å². The van der Waals surface area contributed by atoms with Crippen molar-refractivity contribution >= 4 is 34.5 Å². The maximum atomic E-state index is 12.2. The quantitative estimate of drug-likeness (QED) is 0.377. The van der Waals surface area contributed by atoms with Crippen molar-refractivity contribution in [3.05, 3.63) is 36.5 Å². The van der Waals surface area contributed by atoms with Crippen LogP contribution in [0.4, 0.5) is 5.82 Å². The molecule has 1 amide bonds. The number of hydrogen-bond donors (Lipinski definition) is 2. The van der Waals surface area contributed by atoms with Crippen molar-refractivity contribution in [2.75, 3.05) is 12.3 Å². The number of nitrogens with one attached hydrogen (secondary N) is 1. The molecule has 0 aliphatic carbocycles. The standard InChI is InChI=1S/C18H22N6OS/c1-3-4-10-20-17(25)12(2)26-18-22-15(19)14-11-21-24(16(14)23-18)13-8-6-5-7-9-13/h5-9,11-12H,3-4,10H2,1-2H3,(H,20,25)(H2,19,22,23). The predicted octanol–water partition coefficient (Wildman–Crippen LogP) is 2.79. The van der Waals surface area contributed by atoms with Gasteiger partial charge in [-0.3, -0.25) is 4.79 Å². The van der Waals surface area contributed by atoms with Gasteiger partial charge in [0.15, 0.2) is 10.8 Å². The van der Waals surface area contributed by atoms with Gasteiger partial charge in [0, 0.05) is 6.54 Å². The van der Waals surface area contributed by atoms with E-state index in [4.69, 9.17) is 5.73 Å². The molecule has 2 heterocycles. The first-order valence-electron chi connectivity index (χ1n) is 8.61. The van der Waals surface area contributed by atoms with Crippen molar-refractivity contribution in [2.45, 2.75) is 37.1 Å². The molecule has 0 saturated heterocycles. The third kappa shape index (κ3) is 3.96. The summed E-state index contributed by atoms with van der Waals surface area (Å²) in [6, 6.07) is 9.71. The van der Waals surface area contributed by atoms with Gasteiger partial charge in [-0.05, 0) is 25.5 Å². The van der Waals surface area contributed by atoms with Gasteiger partial charge in [0.2, 0.25) is 5.91 Å². The molecular formula is C18H22N6OS. The lowest BCUT2D eigenvalue weighted by molar-refractivity contribution is -0.120. The van der Waals surface area contributed by atoms with E-state index in [1.54, 1.807) is 10.9 Å². The average Bonchev–Trinajstić information content (AvgIpc) is 3.07. The molecule has 1 atom stereocenters. The summed E-state index contributed by atoms with van der Waals surface area (Å²) in [6.45, 7) is 4.61. The third-order valence-corrected chi connectivity index (χ3v) is 4.88. The molecule has 0 radical (unpaired) electrons. The summed E-state index contributed by atoms with van der Waals surface area (Å²) in [7, 11) is 0. The van der Waals surface area contributed by atoms with Crippen molar-refractivity contribution in [3.63, 3.8) is 0 Å². The molecule has 7 nitrogen and oxygen atoms in total. The fourth-order valence-corrected chi connectivity index (χ4v) is 3.26. The second-order valence-electron chi connectivity index (χ2n) is 5.93. The van der Waals surface area contributed by atoms with Crippen LogP contribution in [0.2, 0.25) is 0 Å². The molecule has 3 aromatic rings. The van der Waals surface area contributed by atoms with Gasteiger partial charge in [-0.25, -0.2) is 14.6 Å². The van der Waals surface area contributed by atoms with Gasteiger partial charge in [0.05, 0.1) is 22.5 Å². The Bertz CT molecular complexity index is 895. The first kappa shape index (κ1) is 18.2. The Morgan fingerprint density at radius 3 is 2.81 bits per heavy atom. The van der Waals surface area contributed by atoms with Crippen LogP contribution in [-0.4, -0.2) is 37.5 Å². The maximum absolute atomic E-state index is 12.2. The number of carbonyl (C=O) groups is 1. The number of nitrogens with zero attached hydrogens (tertiary/aromatic N) is 4. The molecule has 3 N–H and O–H groups in total. The summed E-state index contributed by atoms with van der Waals surface area (Å²) in [5, 5.41) is 8.15. The fraction of sp³-hybridized carbons (Fsp3) is 0.333. The van der Waals surface area contributed by atoms with Crippen LogP contribution in [0, 0.1) is 0 Å². The number of anilines is 1. The smallest absolute Gasteiger partial charge is 0.233 e. The van der Waals surface area contributed by atoms with Crippen LogP contribution in [0.3, 0.4) is 0 Å². The highest BCUT2D eigenvalue weighted by Crippen LogP contribution is 2.26. The van der Waals surface area contributed by atoms with E-state index in [2.05, 4.69) is 27.3 Å². The van der Waals surface area contributed by atoms with Crippen LogP contribution in [0.5, 0.6) is 0 Å². The highest BCUT2D eigenvalue weighted by molar-refractivity contribution is 8.00. The molecule has 1 aromatic carbocycles. The zero-order chi connectivity index (χ0) is 18.5. The zero-order valence-electron chi connectivity index (χ0n) is 14.8. The van der Waals surface area contributed by atoms with Crippen LogP contribution in [0.1, 0.15) is 26.7 Å². The number of rotatable bonds is 7. The number of fused-ring (bicyclic) bond motifs is 1. The number of benzene rings is 1. The van der Waals surface area contributed by atoms with Crippen molar-refractivity contribution < 1.29 is 4.79 Å². The monoisotopic (exact) mass is 370 g/mol. The first-order chi connectivity index (χ1) is 12.6. The molecule has 0 bridgehead atoms. The molecular weight excluding hydrogens is 348 g/mol. The van der Waals surface area contributed by atoms with Crippen LogP contribution >= 0.6 is 11.8 Å². The van der Waals surface area contributed by atoms with E-state index in [0.29, 0.717) is 28.6 Å². The molecule has 8 heteroatoms. The lowest BCUT2D eigenvalue weighted by Gasteiger charge is -2.11. The topological polar surface area (TPSA) is 98.7 Å². The minimum absolute atomic E-state index is 0.0257. The summed E-state index contributed by atoms with van der Waals surface area (Å²) in [4.78, 5) is 21.1. The van der Waals surface area contributed by atoms with E-state index in [9.17, 15) is 4.79 Å². The minimum atomic E-state index is -0.309. The van der Waals surface area contributed by atoms with Crippen molar-refractivity contribution in [1.82, 2.24) is 25.1 Å². The molecule has 0 saturated carbocycles. The maximum Gasteiger partial charge on any atom is 0.233 e. The average molecular weight is 370 g/mol. The Balaban J connectivity index is 1.85. The Kier molecular flexibility index (Phi) is 5.72. The molecule has 2 aromatic heterocycles. The van der Waals surface area contributed by atoms with E-state index in [0.717, 1.165) is 18.5 Å². The highest BCUT2D eigenvalue weighted by Gasteiger charge is 2.18. The summed E-state index contributed by atoms with van der Waals surface area (Å²) in [5.41, 5.74) is 7.60. The molecule has 0 spiro atoms. The summed E-state index contributed by atoms with van der Waals surface area (Å²) >= 11 is 1.29. The van der Waals surface area contributed by atoms with Crippen LogP contribution in [0.15, 0.2) is 41.7 Å². The van der Waals surface area contributed by atoms with Crippen molar-refractivity contribution in [1.29, 1.82) is 0 Å². The highest BCUT2D eigenvalue weighted by atomic mass is 32.2. The van der Waals surface area contributed by atoms with Gasteiger partial charge in [-0.15, -0.1) is 0 Å². The minimum Gasteiger partial charge on any atom is -0.383 e. The zero-order valence-corrected chi connectivity index (χ0v) is 15.7. The number of nitrogens with two attached hydrogens (primary N) is 1. The number of amides is 1. The number of carbonyl (C=O) groups excluding carboxylic acids is 1. The predicted molar refractivity (Wildman–Crippen MR) is 104 cm³/mol. The van der Waals surface area contributed by atoms with E-state index in [1.165, 1.54) is 11.8 Å². The van der Waals surface area contributed by atoms with Gasteiger partial charge < -0.3 is 11.1 Å². The number of unbranched alkanes of at least 4 members (excludes halogenated alkanes) is 1. The van der Waals surface area contributed by atoms with Gasteiger partial charge >= 0.3 is 0 Å². The lowest BCUT2D eigenvalue weighted by Crippen LogP contribution is -2.31. The second-order valence-corrected chi connectivity index (χ2v) is 7.23. The SMILES string of the molecule is CCCCNC(=O)C(C)Sc1nc(N)c2cnn(-c3ccccc3)c2n1. The Morgan fingerprint density at radius 1 is 1.31 bits per heavy atom. The number of hydrogen-bond acceptors (Lipinski definition) is 6. The number of para-hydroxylation sites is 1. The summed E-state index contributed by atoms with van der Waals surface area (Å²) < 4.78 is 1.73. The van der Waals surface area contributed by atoms with Crippen LogP contribution in [0.25, 0.3) is 16.7 Å². The first-order valence-corrected chi connectivity index (χ1v) is 9.49. The molecule has 0 aliphatic heterocycles. The van der Waals surface area contributed by atoms with Gasteiger partial charge in [-0.1, -0.05) is 43.3 Å². The number of nitrogen functional groups attached to an aromatic ring is 1. The third-order valence-electron chi connectivity index (χ3n) is 3.92. The lowest BCUT2D eigenvalue weighted by atomic mass is 10.3. The van der Waals surface area contributed by atoms with Gasteiger partial charge in [0.1, 0.15) is 5.82 Å². The summed E-state index contributed by atoms with van der Waals surface area (Å²) in [5.74, 6) is 0.334. The largest absolute Gasteiger partial charge is 0.383 e. The molecule has 1 unspecified atom stereocenters. The molecule has 0 aliphatic rings. The van der Waals surface area contributed by atoms with E-state index < -0.39 is 0 Å². The van der Waals surface area contributed by atoms with Crippen molar-refractivity contribution in [3.8, 4) is 5.69 Å². The second kappa shape index (κ2) is 8.18. The molecule has 0 fully saturated rings. The molecule has 3 rings (SSSR count). The normalized spacial score (nSPS) is 12.2. The Labute approximate surface area is 156 Å².